The second kappa shape index (κ2) is 6.55. The minimum absolute atomic E-state index is 0.445. The number of aliphatic hydroxyl groups excluding tert-OH is 1. The van der Waals surface area contributed by atoms with E-state index in [9.17, 15) is 5.11 Å². The standard InChI is InChI=1S/C15H22ClNO/c1-2-12-7-9-17(11-12)10-8-15(18)13-5-3-4-6-14(13)16/h3-6,12,15,18H,2,7-11H2,1H3. The van der Waals surface area contributed by atoms with E-state index in [0.717, 1.165) is 24.4 Å². The molecule has 2 unspecified atom stereocenters. The van der Waals surface area contributed by atoms with Crippen molar-refractivity contribution in [2.24, 2.45) is 5.92 Å². The smallest absolute Gasteiger partial charge is 0.0816 e. The van der Waals surface area contributed by atoms with E-state index in [2.05, 4.69) is 11.8 Å². The Hall–Kier alpha value is -0.570. The van der Waals surface area contributed by atoms with Gasteiger partial charge in [0.15, 0.2) is 0 Å². The lowest BCUT2D eigenvalue weighted by atomic mass is 10.1. The molecule has 0 bridgehead atoms. The SMILES string of the molecule is CCC1CCN(CCC(O)c2ccccc2Cl)C1. The molecule has 0 aromatic heterocycles. The molecule has 18 heavy (non-hydrogen) atoms. The molecule has 0 spiro atoms. The van der Waals surface area contributed by atoms with Gasteiger partial charge in [0.2, 0.25) is 0 Å². The molecule has 0 amide bonds. The summed E-state index contributed by atoms with van der Waals surface area (Å²) in [7, 11) is 0. The maximum absolute atomic E-state index is 10.2. The molecule has 100 valence electrons. The molecule has 1 fully saturated rings. The van der Waals surface area contributed by atoms with Crippen molar-refractivity contribution in [3.63, 3.8) is 0 Å². The Morgan fingerprint density at radius 1 is 1.44 bits per heavy atom. The molecule has 1 saturated heterocycles. The highest BCUT2D eigenvalue weighted by atomic mass is 35.5. The van der Waals surface area contributed by atoms with E-state index in [1.165, 1.54) is 25.9 Å². The maximum Gasteiger partial charge on any atom is 0.0816 e. The molecule has 1 aromatic rings. The number of aliphatic hydroxyl groups is 1. The highest BCUT2D eigenvalue weighted by Gasteiger charge is 2.21. The van der Waals surface area contributed by atoms with Crippen molar-refractivity contribution >= 4 is 11.6 Å². The van der Waals surface area contributed by atoms with Gasteiger partial charge in [0.05, 0.1) is 6.10 Å². The van der Waals surface area contributed by atoms with Gasteiger partial charge in [-0.05, 0) is 36.9 Å². The highest BCUT2D eigenvalue weighted by Crippen LogP contribution is 2.26. The summed E-state index contributed by atoms with van der Waals surface area (Å²) in [5.74, 6) is 0.849. The minimum atomic E-state index is -0.445. The Bertz CT molecular complexity index is 383. The van der Waals surface area contributed by atoms with Crippen LogP contribution in [0.15, 0.2) is 24.3 Å². The van der Waals surface area contributed by atoms with Crippen LogP contribution in [0.2, 0.25) is 5.02 Å². The van der Waals surface area contributed by atoms with E-state index in [1.807, 2.05) is 24.3 Å². The zero-order chi connectivity index (χ0) is 13.0. The predicted molar refractivity (Wildman–Crippen MR) is 75.9 cm³/mol. The number of benzene rings is 1. The number of halogens is 1. The van der Waals surface area contributed by atoms with Crippen LogP contribution in [0, 0.1) is 5.92 Å². The van der Waals surface area contributed by atoms with E-state index >= 15 is 0 Å². The van der Waals surface area contributed by atoms with Crippen molar-refractivity contribution in [3.8, 4) is 0 Å². The van der Waals surface area contributed by atoms with E-state index in [1.54, 1.807) is 0 Å². The average Bonchev–Trinajstić information content (AvgIpc) is 2.84. The first-order valence-electron chi connectivity index (χ1n) is 6.85. The molecule has 1 heterocycles. The van der Waals surface area contributed by atoms with Gasteiger partial charge in [-0.25, -0.2) is 0 Å². The molecule has 1 aliphatic rings. The van der Waals surface area contributed by atoms with Crippen molar-refractivity contribution in [1.29, 1.82) is 0 Å². The van der Waals surface area contributed by atoms with Crippen molar-refractivity contribution < 1.29 is 5.11 Å². The summed E-state index contributed by atoms with van der Waals surface area (Å²) < 4.78 is 0. The summed E-state index contributed by atoms with van der Waals surface area (Å²) in [6.45, 7) is 5.58. The second-order valence-electron chi connectivity index (χ2n) is 5.19. The summed E-state index contributed by atoms with van der Waals surface area (Å²) in [5, 5.41) is 10.8. The van der Waals surface area contributed by atoms with Gasteiger partial charge in [-0.15, -0.1) is 0 Å². The number of likely N-dealkylation sites (tertiary alicyclic amines) is 1. The van der Waals surface area contributed by atoms with E-state index < -0.39 is 6.10 Å². The molecule has 1 N–H and O–H groups in total. The van der Waals surface area contributed by atoms with Crippen LogP contribution in [0.1, 0.15) is 37.9 Å². The minimum Gasteiger partial charge on any atom is -0.388 e. The lowest BCUT2D eigenvalue weighted by Crippen LogP contribution is -2.23. The number of rotatable bonds is 5. The van der Waals surface area contributed by atoms with Gasteiger partial charge in [-0.1, -0.05) is 43.1 Å². The summed E-state index contributed by atoms with van der Waals surface area (Å²) in [6, 6.07) is 7.56. The lowest BCUT2D eigenvalue weighted by Gasteiger charge is -2.19. The third-order valence-electron chi connectivity index (χ3n) is 3.93. The maximum atomic E-state index is 10.2. The second-order valence-corrected chi connectivity index (χ2v) is 5.60. The van der Waals surface area contributed by atoms with Gasteiger partial charge in [-0.2, -0.15) is 0 Å². The molecule has 1 aromatic carbocycles. The molecule has 0 aliphatic carbocycles. The quantitative estimate of drug-likeness (QED) is 0.883. The van der Waals surface area contributed by atoms with Crippen LogP contribution >= 0.6 is 11.6 Å². The lowest BCUT2D eigenvalue weighted by molar-refractivity contribution is 0.148. The largest absolute Gasteiger partial charge is 0.388 e. The highest BCUT2D eigenvalue weighted by molar-refractivity contribution is 6.31. The first-order valence-corrected chi connectivity index (χ1v) is 7.23. The first kappa shape index (κ1) is 13.9. The zero-order valence-corrected chi connectivity index (χ0v) is 11.7. The molecule has 2 nitrogen and oxygen atoms in total. The molecule has 1 aliphatic heterocycles. The summed E-state index contributed by atoms with van der Waals surface area (Å²) >= 11 is 6.09. The van der Waals surface area contributed by atoms with Crippen molar-refractivity contribution in [2.45, 2.75) is 32.3 Å². The average molecular weight is 268 g/mol. The third-order valence-corrected chi connectivity index (χ3v) is 4.27. The molecular formula is C15H22ClNO. The fraction of sp³-hybridized carbons (Fsp3) is 0.600. The zero-order valence-electron chi connectivity index (χ0n) is 11.0. The van der Waals surface area contributed by atoms with Crippen molar-refractivity contribution in [3.05, 3.63) is 34.9 Å². The normalized spacial score (nSPS) is 22.3. The van der Waals surface area contributed by atoms with Crippen LogP contribution in [-0.2, 0) is 0 Å². The van der Waals surface area contributed by atoms with Gasteiger partial charge in [-0.3, -0.25) is 0 Å². The summed E-state index contributed by atoms with van der Waals surface area (Å²) in [5.41, 5.74) is 0.852. The Labute approximate surface area is 115 Å². The Morgan fingerprint density at radius 2 is 2.22 bits per heavy atom. The Kier molecular flexibility index (Phi) is 5.04. The van der Waals surface area contributed by atoms with Gasteiger partial charge < -0.3 is 10.0 Å². The van der Waals surface area contributed by atoms with Crippen LogP contribution < -0.4 is 0 Å². The Balaban J connectivity index is 1.82. The van der Waals surface area contributed by atoms with Gasteiger partial charge >= 0.3 is 0 Å². The monoisotopic (exact) mass is 267 g/mol. The Morgan fingerprint density at radius 3 is 2.89 bits per heavy atom. The van der Waals surface area contributed by atoms with Crippen LogP contribution in [-0.4, -0.2) is 29.6 Å². The van der Waals surface area contributed by atoms with Gasteiger partial charge in [0.1, 0.15) is 0 Å². The van der Waals surface area contributed by atoms with Crippen LogP contribution in [0.5, 0.6) is 0 Å². The third kappa shape index (κ3) is 3.47. The molecule has 3 heteroatoms. The van der Waals surface area contributed by atoms with E-state index in [4.69, 9.17) is 11.6 Å². The molecular weight excluding hydrogens is 246 g/mol. The van der Waals surface area contributed by atoms with Gasteiger partial charge in [0.25, 0.3) is 0 Å². The van der Waals surface area contributed by atoms with Crippen LogP contribution in [0.3, 0.4) is 0 Å². The van der Waals surface area contributed by atoms with E-state index in [-0.39, 0.29) is 0 Å². The fourth-order valence-electron chi connectivity index (χ4n) is 2.65. The van der Waals surface area contributed by atoms with Crippen LogP contribution in [0.4, 0.5) is 0 Å². The van der Waals surface area contributed by atoms with Gasteiger partial charge in [0, 0.05) is 18.1 Å². The fourth-order valence-corrected chi connectivity index (χ4v) is 2.92. The molecule has 2 atom stereocenters. The predicted octanol–water partition coefficient (Wildman–Crippen LogP) is 3.50. The number of hydrogen-bond donors (Lipinski definition) is 1. The first-order chi connectivity index (χ1) is 8.70. The summed E-state index contributed by atoms with van der Waals surface area (Å²) in [4.78, 5) is 2.45. The molecule has 0 saturated carbocycles. The number of nitrogens with zero attached hydrogens (tertiary/aromatic N) is 1. The molecule has 0 radical (unpaired) electrons. The van der Waals surface area contributed by atoms with E-state index in [0.29, 0.717) is 5.02 Å². The number of hydrogen-bond acceptors (Lipinski definition) is 2. The summed E-state index contributed by atoms with van der Waals surface area (Å²) in [6.07, 6.45) is 2.89. The topological polar surface area (TPSA) is 23.5 Å². The van der Waals surface area contributed by atoms with Crippen molar-refractivity contribution in [2.75, 3.05) is 19.6 Å². The van der Waals surface area contributed by atoms with Crippen LogP contribution in [0.25, 0.3) is 0 Å². The molecule has 2 rings (SSSR count). The van der Waals surface area contributed by atoms with Crippen molar-refractivity contribution in [1.82, 2.24) is 4.90 Å².